The summed E-state index contributed by atoms with van der Waals surface area (Å²) in [5.41, 5.74) is -6.84. The topological polar surface area (TPSA) is 433 Å². The summed E-state index contributed by atoms with van der Waals surface area (Å²) in [5.74, 6) is -0.493. The molecule has 0 aromatic heterocycles. The highest BCUT2D eigenvalue weighted by Gasteiger charge is 2.53. The third kappa shape index (κ3) is 30.4. The van der Waals surface area contributed by atoms with Crippen molar-refractivity contribution in [2.24, 2.45) is 0 Å². The van der Waals surface area contributed by atoms with E-state index >= 15 is 0 Å². The van der Waals surface area contributed by atoms with Crippen molar-refractivity contribution in [2.45, 2.75) is 244 Å². The number of benzene rings is 6. The van der Waals surface area contributed by atoms with Gasteiger partial charge in [0.2, 0.25) is 0 Å². The number of nitrogens with zero attached hydrogens (tertiary/aromatic N) is 8. The molecule has 4 heterocycles. The Kier molecular flexibility index (Phi) is 40.4. The van der Waals surface area contributed by atoms with Crippen LogP contribution >= 0.6 is 0 Å². The van der Waals surface area contributed by atoms with Crippen molar-refractivity contribution in [3.63, 3.8) is 0 Å². The summed E-state index contributed by atoms with van der Waals surface area (Å²) in [4.78, 5) is 105. The number of methoxy groups -OCH3 is 6. The Morgan fingerprint density at radius 2 is 0.635 bits per heavy atom. The van der Waals surface area contributed by atoms with Crippen LogP contribution in [0.15, 0.2) is 133 Å². The smallest absolute Gasteiger partial charge is 0.497 e. The highest BCUT2D eigenvalue weighted by atomic mass is 32.2. The molecule has 36 nitrogen and oxygen atoms in total. The number of hydrogen-bond donors (Lipinski definition) is 0. The lowest BCUT2D eigenvalue weighted by molar-refractivity contribution is -0.385. The molecule has 4 amide bonds. The Labute approximate surface area is 865 Å². The second kappa shape index (κ2) is 48.5. The maximum absolute atomic E-state index is 13.8. The van der Waals surface area contributed by atoms with E-state index in [1.165, 1.54) is 86.8 Å². The van der Waals surface area contributed by atoms with E-state index in [2.05, 4.69) is 82.2 Å². The van der Waals surface area contributed by atoms with Crippen molar-refractivity contribution in [1.29, 1.82) is 0 Å². The molecule has 0 fully saturated rings. The predicted molar refractivity (Wildman–Crippen MR) is 558 cm³/mol. The molecule has 10 rings (SSSR count). The van der Waals surface area contributed by atoms with Crippen LogP contribution in [0.3, 0.4) is 0 Å². The molecule has 0 saturated carbocycles. The third-order valence-corrected chi connectivity index (χ3v) is 48.1. The number of carbonyl (C=O) groups excluding carboxylic acids is 4. The number of halogens is 6. The molecule has 4 aliphatic heterocycles. The zero-order valence-electron chi connectivity index (χ0n) is 89.4. The monoisotopic (exact) mass is 2190 g/mol. The van der Waals surface area contributed by atoms with E-state index in [1.807, 2.05) is 122 Å². The molecule has 6 aromatic rings. The van der Waals surface area contributed by atoms with Crippen molar-refractivity contribution in [1.82, 2.24) is 19.6 Å². The molecule has 48 heteroatoms. The second-order valence-corrected chi connectivity index (χ2v) is 64.4. The molecule has 0 spiro atoms. The average molecular weight is 2190 g/mol. The van der Waals surface area contributed by atoms with Gasteiger partial charge in [-0.25, -0.2) is 0 Å². The van der Waals surface area contributed by atoms with Gasteiger partial charge in [-0.3, -0.25) is 59.6 Å². The Balaban J connectivity index is 0.000000267. The van der Waals surface area contributed by atoms with E-state index < -0.39 is 149 Å². The van der Waals surface area contributed by atoms with Gasteiger partial charge >= 0.3 is 31.3 Å². The number of nitro benzene ring substituents is 4. The van der Waals surface area contributed by atoms with Crippen molar-refractivity contribution < 1.29 is 137 Å². The molecule has 0 aliphatic carbocycles. The number of alkyl halides is 6. The van der Waals surface area contributed by atoms with Crippen molar-refractivity contribution in [3.8, 4) is 34.5 Å². The van der Waals surface area contributed by atoms with Crippen LogP contribution < -0.4 is 28.4 Å². The van der Waals surface area contributed by atoms with Gasteiger partial charge in [-0.1, -0.05) is 120 Å². The standard InChI is InChI=1S/2C28H38N2O6Si.2C22H31F3N2O8SSi/c2*1-19-15-25(30(32)33)24(17-26(19)35-6)27(31)29-14-13-21(20-9-11-23(34-5)12-10-20)16-22(29)18-36-37(7,8)28(2,3)4;2*1-14-10-18(27(29)30)17(12-19(14)33-5)20(28)26-9-8-16(35-36(31,32)22(23,24)25)11-15(26)13-34-37(6,7)21(2,3)4/h9-12,15-17,22H,13-14,18H2,1-8H3;9-13,15,17,22H,14,16,18H2,1-8H3;10-12,15H,8-9,13H2,1-7H3;8,10,12,15H,9,11,13H2,1-7H3/t2*22-;2*15-/m0000/s1. The number of rotatable bonds is 32. The Morgan fingerprint density at radius 1 is 0.365 bits per heavy atom. The van der Waals surface area contributed by atoms with Crippen LogP contribution in [-0.4, -0.2) is 243 Å². The van der Waals surface area contributed by atoms with Gasteiger partial charge < -0.3 is 74.1 Å². The average Bonchev–Trinajstić information content (AvgIpc) is 0.785. The lowest BCUT2D eigenvalue weighted by Crippen LogP contribution is -2.50. The molecule has 0 bridgehead atoms. The quantitative estimate of drug-likeness (QED) is 0.00945. The van der Waals surface area contributed by atoms with Crippen LogP contribution in [0.2, 0.25) is 72.5 Å². The van der Waals surface area contributed by atoms with Gasteiger partial charge in [0.25, 0.3) is 46.4 Å². The SMILES string of the molecule is COc1cc(C(=O)N2CC=C(OS(=O)(=O)C(F)(F)F)C[C@H]2CO[Si](C)(C)C(C)(C)C)c([N+](=O)[O-])cc1C.COc1cc(C(=O)N2CCC(OS(=O)(=O)C(F)(F)F)=C[C@H]2CO[Si](C)(C)C(C)(C)C)c([N+](=O)[O-])cc1C.COc1ccc(C2=CCN(C(=O)c3cc(OC)c(C)cc3[N+](=O)[O-])[C@H](CO[Si](C)(C)C(C)(C)C)C2)cc1.COc1ccc(C2=C[C@@H](CO[Si](C)(C)C(C)(C)C)N(C(=O)c3cc(OC)c(C)cc3[N+](=O)[O-])CC2)cc1. The molecule has 0 saturated heterocycles. The summed E-state index contributed by atoms with van der Waals surface area (Å²) in [7, 11) is -12.0. The Hall–Kier alpha value is -11.7. The molecule has 148 heavy (non-hydrogen) atoms. The first-order valence-corrected chi connectivity index (χ1v) is 61.7. The number of hydrogen-bond acceptors (Lipinski definition) is 28. The van der Waals surface area contributed by atoms with Gasteiger partial charge in [0.1, 0.15) is 68.3 Å². The number of carbonyl (C=O) groups is 4. The highest BCUT2D eigenvalue weighted by molar-refractivity contribution is 7.88. The zero-order chi connectivity index (χ0) is 112. The van der Waals surface area contributed by atoms with Crippen LogP contribution in [0.1, 0.15) is 184 Å². The second-order valence-electron chi connectivity index (χ2n) is 42.1. The summed E-state index contributed by atoms with van der Waals surface area (Å²) in [6.07, 6.45) is 6.60. The third-order valence-electron chi connectivity index (χ3n) is 28.1. The molecule has 4 atom stereocenters. The van der Waals surface area contributed by atoms with Crippen LogP contribution in [0.25, 0.3) is 11.1 Å². The number of ether oxygens (including phenoxy) is 6. The first kappa shape index (κ1) is 123. The van der Waals surface area contributed by atoms with Gasteiger partial charge in [-0.05, 0) is 194 Å². The predicted octanol–water partition coefficient (Wildman–Crippen LogP) is 22.3. The number of amides is 4. The normalized spacial score (nSPS) is 16.8. The minimum absolute atomic E-state index is 0.00213. The Morgan fingerprint density at radius 3 is 0.926 bits per heavy atom. The zero-order valence-corrected chi connectivity index (χ0v) is 95.1. The largest absolute Gasteiger partial charge is 0.534 e. The molecular weight excluding hydrogens is 2050 g/mol. The summed E-state index contributed by atoms with van der Waals surface area (Å²) < 4.78 is 189. The van der Waals surface area contributed by atoms with Gasteiger partial charge in [-0.2, -0.15) is 43.2 Å². The van der Waals surface area contributed by atoms with Crippen molar-refractivity contribution in [3.05, 3.63) is 229 Å². The van der Waals surface area contributed by atoms with Crippen molar-refractivity contribution >= 4 is 111 Å². The van der Waals surface area contributed by atoms with Gasteiger partial charge in [-0.15, -0.1) is 0 Å². The minimum atomic E-state index is -5.92. The molecule has 0 unspecified atom stereocenters. The van der Waals surface area contributed by atoms with E-state index in [9.17, 15) is 103 Å². The van der Waals surface area contributed by atoms with E-state index in [0.29, 0.717) is 72.9 Å². The molecule has 4 aliphatic rings. The maximum Gasteiger partial charge on any atom is 0.534 e. The summed E-state index contributed by atoms with van der Waals surface area (Å²) in [6, 6.07) is 23.6. The first-order valence-electron chi connectivity index (χ1n) is 47.2. The van der Waals surface area contributed by atoms with Crippen LogP contribution in [0, 0.1) is 68.2 Å². The van der Waals surface area contributed by atoms with E-state index in [4.69, 9.17) is 46.1 Å². The lowest BCUT2D eigenvalue weighted by atomic mass is 9.93. The summed E-state index contributed by atoms with van der Waals surface area (Å²) in [6.45, 7) is 48.3. The van der Waals surface area contributed by atoms with Crippen molar-refractivity contribution in [2.75, 3.05) is 95.3 Å². The van der Waals surface area contributed by atoms with Crippen LogP contribution in [0.5, 0.6) is 34.5 Å². The van der Waals surface area contributed by atoms with E-state index in [0.717, 1.165) is 45.9 Å². The summed E-state index contributed by atoms with van der Waals surface area (Å²) in [5, 5.41) is 46.6. The van der Waals surface area contributed by atoms with E-state index in [-0.39, 0.29) is 110 Å². The molecule has 6 aromatic carbocycles. The fourth-order valence-corrected chi connectivity index (χ4v) is 20.0. The number of aryl methyl sites for hydroxylation is 4. The summed E-state index contributed by atoms with van der Waals surface area (Å²) >= 11 is 0. The van der Waals surface area contributed by atoms with Gasteiger partial charge in [0.05, 0.1) is 113 Å². The fraction of sp³-hybridized carbons (Fsp3) is 0.520. The van der Waals surface area contributed by atoms with Gasteiger partial charge in [0.15, 0.2) is 33.3 Å². The molecule has 0 N–H and O–H groups in total. The van der Waals surface area contributed by atoms with E-state index in [1.54, 1.807) is 51.7 Å². The number of nitro groups is 4. The van der Waals surface area contributed by atoms with Gasteiger partial charge in [0, 0.05) is 87.6 Å². The van der Waals surface area contributed by atoms with Crippen LogP contribution in [-0.2, 0) is 46.3 Å². The Bertz CT molecular complexity index is 6090. The fourth-order valence-electron chi connectivity index (χ4n) is 14.9. The minimum Gasteiger partial charge on any atom is -0.497 e. The lowest BCUT2D eigenvalue weighted by Gasteiger charge is -2.41. The van der Waals surface area contributed by atoms with Crippen LogP contribution in [0.4, 0.5) is 49.1 Å². The molecule has 0 radical (unpaired) electrons. The molecular formula is C100H138F6N8O28S2Si4. The maximum atomic E-state index is 13.8. The highest BCUT2D eigenvalue weighted by Crippen LogP contribution is 2.46. The first-order chi connectivity index (χ1) is 68.0. The molecule has 816 valence electrons.